The number of nitrogens with two attached hydrogens (primary N) is 1. The van der Waals surface area contributed by atoms with E-state index < -0.39 is 0 Å². The number of likely N-dealkylation sites (N-methyl/N-ethyl adjacent to an activating group) is 1. The Labute approximate surface area is 161 Å². The number of nitrogen functional groups attached to an aromatic ring is 1. The summed E-state index contributed by atoms with van der Waals surface area (Å²) in [5, 5.41) is 0. The van der Waals surface area contributed by atoms with Gasteiger partial charge in [-0.25, -0.2) is 0 Å². The van der Waals surface area contributed by atoms with Crippen molar-refractivity contribution >= 4 is 11.6 Å². The number of rotatable bonds is 7. The Morgan fingerprint density at radius 3 is 2.63 bits per heavy atom. The van der Waals surface area contributed by atoms with Gasteiger partial charge in [-0.15, -0.1) is 0 Å². The van der Waals surface area contributed by atoms with Crippen LogP contribution in [0.4, 0.5) is 5.69 Å². The molecular weight excluding hydrogens is 338 g/mol. The second kappa shape index (κ2) is 8.91. The summed E-state index contributed by atoms with van der Waals surface area (Å²) >= 11 is 0. The maximum atomic E-state index is 13.0. The highest BCUT2D eigenvalue weighted by molar-refractivity contribution is 5.80. The van der Waals surface area contributed by atoms with Crippen LogP contribution in [0.1, 0.15) is 30.0 Å². The van der Waals surface area contributed by atoms with Crippen LogP contribution in [0.2, 0.25) is 0 Å². The smallest absolute Gasteiger partial charge is 0.227 e. The predicted octanol–water partition coefficient (Wildman–Crippen LogP) is 3.12. The summed E-state index contributed by atoms with van der Waals surface area (Å²) in [4.78, 5) is 17.3. The van der Waals surface area contributed by atoms with Gasteiger partial charge in [0.05, 0.1) is 19.6 Å². The number of ether oxygens (including phenoxy) is 1. The normalized spacial score (nSPS) is 15.5. The Morgan fingerprint density at radius 2 is 1.93 bits per heavy atom. The van der Waals surface area contributed by atoms with E-state index in [1.807, 2.05) is 54.4 Å². The van der Waals surface area contributed by atoms with Gasteiger partial charge in [0.25, 0.3) is 0 Å². The van der Waals surface area contributed by atoms with E-state index in [2.05, 4.69) is 11.0 Å². The minimum Gasteiger partial charge on any atom is -0.497 e. The molecule has 3 rings (SSSR count). The second-order valence-electron chi connectivity index (χ2n) is 7.18. The largest absolute Gasteiger partial charge is 0.497 e. The number of likely N-dealkylation sites (tertiary alicyclic amines) is 1. The fraction of sp³-hybridized carbons (Fsp3) is 0.409. The maximum absolute atomic E-state index is 13.0. The molecule has 5 heteroatoms. The van der Waals surface area contributed by atoms with Crippen molar-refractivity contribution in [1.82, 2.24) is 9.80 Å². The summed E-state index contributed by atoms with van der Waals surface area (Å²) in [5.74, 6) is 0.881. The van der Waals surface area contributed by atoms with Gasteiger partial charge in [-0.3, -0.25) is 4.79 Å². The fourth-order valence-electron chi connectivity index (χ4n) is 3.67. The van der Waals surface area contributed by atoms with Gasteiger partial charge in [0.2, 0.25) is 5.91 Å². The average Bonchev–Trinajstić information content (AvgIpc) is 3.20. The average molecular weight is 367 g/mol. The Bertz CT molecular complexity index is 772. The van der Waals surface area contributed by atoms with E-state index in [9.17, 15) is 4.79 Å². The molecule has 0 aliphatic carbocycles. The number of benzene rings is 2. The van der Waals surface area contributed by atoms with Crippen LogP contribution in [-0.2, 0) is 11.2 Å². The van der Waals surface area contributed by atoms with Crippen LogP contribution >= 0.6 is 0 Å². The quantitative estimate of drug-likeness (QED) is 0.764. The molecule has 0 radical (unpaired) electrons. The van der Waals surface area contributed by atoms with Crippen LogP contribution in [0, 0.1) is 0 Å². The van der Waals surface area contributed by atoms with Crippen molar-refractivity contribution in [2.45, 2.75) is 25.3 Å². The lowest BCUT2D eigenvalue weighted by atomic mass is 10.0. The van der Waals surface area contributed by atoms with Gasteiger partial charge in [-0.1, -0.05) is 30.3 Å². The first-order valence-corrected chi connectivity index (χ1v) is 9.54. The molecule has 0 bridgehead atoms. The van der Waals surface area contributed by atoms with Gasteiger partial charge in [-0.05, 0) is 55.3 Å². The summed E-state index contributed by atoms with van der Waals surface area (Å²) in [7, 11) is 3.56. The summed E-state index contributed by atoms with van der Waals surface area (Å²) in [6.45, 7) is 3.02. The molecule has 0 unspecified atom stereocenters. The van der Waals surface area contributed by atoms with Crippen LogP contribution in [0.25, 0.3) is 0 Å². The van der Waals surface area contributed by atoms with Gasteiger partial charge in [-0.2, -0.15) is 0 Å². The molecule has 144 valence electrons. The third-order valence-electron chi connectivity index (χ3n) is 5.37. The van der Waals surface area contributed by atoms with Crippen molar-refractivity contribution in [1.29, 1.82) is 0 Å². The number of hydrogen-bond donors (Lipinski definition) is 1. The zero-order valence-electron chi connectivity index (χ0n) is 16.2. The van der Waals surface area contributed by atoms with E-state index in [0.29, 0.717) is 12.1 Å². The molecule has 1 aliphatic rings. The fourth-order valence-corrected chi connectivity index (χ4v) is 3.67. The zero-order valence-corrected chi connectivity index (χ0v) is 16.2. The van der Waals surface area contributed by atoms with Crippen molar-refractivity contribution in [2.24, 2.45) is 0 Å². The molecule has 0 aromatic heterocycles. The Morgan fingerprint density at radius 1 is 1.19 bits per heavy atom. The van der Waals surface area contributed by atoms with Crippen LogP contribution in [-0.4, -0.2) is 49.5 Å². The number of amides is 1. The van der Waals surface area contributed by atoms with Gasteiger partial charge >= 0.3 is 0 Å². The van der Waals surface area contributed by atoms with Gasteiger partial charge in [0.15, 0.2) is 0 Å². The third kappa shape index (κ3) is 4.80. The second-order valence-corrected chi connectivity index (χ2v) is 7.18. The highest BCUT2D eigenvalue weighted by atomic mass is 16.5. The van der Waals surface area contributed by atoms with E-state index in [0.717, 1.165) is 36.5 Å². The molecule has 1 atom stereocenters. The summed E-state index contributed by atoms with van der Waals surface area (Å²) < 4.78 is 5.39. The molecule has 2 aromatic carbocycles. The predicted molar refractivity (Wildman–Crippen MR) is 109 cm³/mol. The summed E-state index contributed by atoms with van der Waals surface area (Å²) in [5.41, 5.74) is 8.66. The number of carbonyl (C=O) groups excluding carboxylic acids is 1. The standard InChI is InChI=1S/C22H29N3O2/c1-24(22(26)15-17-8-3-4-11-20(17)23)21(16-25-12-5-6-13-25)18-9-7-10-19(14-18)27-2/h3-4,7-11,14,21H,5-6,12-13,15-16,23H2,1-2H3/t21-/m1/s1. The summed E-state index contributed by atoms with van der Waals surface area (Å²) in [6, 6.07) is 15.6. The molecule has 2 N–H and O–H groups in total. The number of methoxy groups -OCH3 is 1. The van der Waals surface area contributed by atoms with E-state index in [1.54, 1.807) is 7.11 Å². The first-order chi connectivity index (χ1) is 13.1. The Hall–Kier alpha value is -2.53. The van der Waals surface area contributed by atoms with Crippen molar-refractivity contribution in [2.75, 3.05) is 39.5 Å². The SMILES string of the molecule is COc1cccc([C@@H](CN2CCCC2)N(C)C(=O)Cc2ccccc2N)c1. The van der Waals surface area contributed by atoms with Gasteiger partial charge < -0.3 is 20.3 Å². The lowest BCUT2D eigenvalue weighted by Crippen LogP contribution is -2.39. The number of anilines is 1. The number of hydrogen-bond acceptors (Lipinski definition) is 4. The van der Waals surface area contributed by atoms with Crippen molar-refractivity contribution in [3.05, 3.63) is 59.7 Å². The van der Waals surface area contributed by atoms with Crippen LogP contribution in [0.5, 0.6) is 5.75 Å². The van der Waals surface area contributed by atoms with Crippen molar-refractivity contribution in [3.8, 4) is 5.75 Å². The molecule has 1 aliphatic heterocycles. The molecule has 1 amide bonds. The number of nitrogens with zero attached hydrogens (tertiary/aromatic N) is 2. The van der Waals surface area contributed by atoms with E-state index in [1.165, 1.54) is 12.8 Å². The van der Waals surface area contributed by atoms with Crippen molar-refractivity contribution < 1.29 is 9.53 Å². The lowest BCUT2D eigenvalue weighted by molar-refractivity contribution is -0.131. The molecule has 0 spiro atoms. The number of carbonyl (C=O) groups is 1. The number of para-hydroxylation sites is 1. The zero-order chi connectivity index (χ0) is 19.2. The summed E-state index contributed by atoms with van der Waals surface area (Å²) in [6.07, 6.45) is 2.76. The molecule has 5 nitrogen and oxygen atoms in total. The minimum absolute atomic E-state index is 0.0179. The lowest BCUT2D eigenvalue weighted by Gasteiger charge is -2.32. The van der Waals surface area contributed by atoms with Crippen molar-refractivity contribution in [3.63, 3.8) is 0 Å². The molecule has 0 saturated carbocycles. The molecule has 1 fully saturated rings. The Balaban J connectivity index is 1.81. The van der Waals surface area contributed by atoms with Gasteiger partial charge in [0.1, 0.15) is 5.75 Å². The molecule has 1 saturated heterocycles. The van der Waals surface area contributed by atoms with E-state index in [4.69, 9.17) is 10.5 Å². The first kappa shape index (κ1) is 19.2. The molecular formula is C22H29N3O2. The highest BCUT2D eigenvalue weighted by Gasteiger charge is 2.26. The van der Waals surface area contributed by atoms with E-state index >= 15 is 0 Å². The van der Waals surface area contributed by atoms with Crippen LogP contribution in [0.15, 0.2) is 48.5 Å². The Kier molecular flexibility index (Phi) is 6.35. The maximum Gasteiger partial charge on any atom is 0.227 e. The van der Waals surface area contributed by atoms with E-state index in [-0.39, 0.29) is 11.9 Å². The molecule has 2 aromatic rings. The van der Waals surface area contributed by atoms with Gasteiger partial charge in [0, 0.05) is 19.3 Å². The highest BCUT2D eigenvalue weighted by Crippen LogP contribution is 2.27. The third-order valence-corrected chi connectivity index (χ3v) is 5.37. The monoisotopic (exact) mass is 367 g/mol. The topological polar surface area (TPSA) is 58.8 Å². The van der Waals surface area contributed by atoms with Crippen LogP contribution < -0.4 is 10.5 Å². The molecule has 1 heterocycles. The minimum atomic E-state index is -0.0179. The van der Waals surface area contributed by atoms with Crippen LogP contribution in [0.3, 0.4) is 0 Å². The molecule has 27 heavy (non-hydrogen) atoms. The first-order valence-electron chi connectivity index (χ1n) is 9.54.